The number of benzene rings is 1. The second-order valence-corrected chi connectivity index (χ2v) is 4.34. The highest BCUT2D eigenvalue weighted by Gasteiger charge is 2.11. The van der Waals surface area contributed by atoms with E-state index in [0.717, 1.165) is 4.47 Å². The molecule has 4 nitrogen and oxygen atoms in total. The molecule has 0 heterocycles. The molecule has 1 unspecified atom stereocenters. The van der Waals surface area contributed by atoms with Gasteiger partial charge >= 0.3 is 5.97 Å². The number of carboxylic acid groups (broad SMARTS) is 1. The lowest BCUT2D eigenvalue weighted by Crippen LogP contribution is -2.19. The second-order valence-electron chi connectivity index (χ2n) is 3.42. The maximum Gasteiger partial charge on any atom is 0.308 e. The topological polar surface area (TPSA) is 73.1 Å². The zero-order valence-corrected chi connectivity index (χ0v) is 10.3. The number of aliphatic carboxylic acids is 1. The molecule has 2 N–H and O–H groups in total. The van der Waals surface area contributed by atoms with E-state index in [4.69, 9.17) is 10.4 Å². The lowest BCUT2D eigenvalue weighted by Gasteiger charge is -2.11. The molecular weight excluding hydrogens is 272 g/mol. The first-order valence-corrected chi connectivity index (χ1v) is 5.50. The molecule has 5 heteroatoms. The maximum absolute atomic E-state index is 10.6. The number of nitrogens with one attached hydrogen (secondary N) is 1. The van der Waals surface area contributed by atoms with Crippen molar-refractivity contribution in [3.05, 3.63) is 28.2 Å². The summed E-state index contributed by atoms with van der Waals surface area (Å²) in [4.78, 5) is 10.6. The average molecular weight is 283 g/mol. The van der Waals surface area contributed by atoms with E-state index in [1.807, 2.05) is 6.07 Å². The van der Waals surface area contributed by atoms with E-state index >= 15 is 0 Å². The molecule has 0 fully saturated rings. The van der Waals surface area contributed by atoms with Gasteiger partial charge in [-0.15, -0.1) is 0 Å². The SMILES string of the molecule is CC(CNc1cc(Br)ccc1C#N)C(=O)O. The van der Waals surface area contributed by atoms with Gasteiger partial charge in [0, 0.05) is 11.0 Å². The van der Waals surface area contributed by atoms with Crippen LogP contribution in [0.4, 0.5) is 5.69 Å². The van der Waals surface area contributed by atoms with E-state index in [9.17, 15) is 4.79 Å². The van der Waals surface area contributed by atoms with E-state index < -0.39 is 11.9 Å². The van der Waals surface area contributed by atoms with Crippen LogP contribution in [0.1, 0.15) is 12.5 Å². The van der Waals surface area contributed by atoms with Crippen molar-refractivity contribution in [1.82, 2.24) is 0 Å². The number of hydrogen-bond donors (Lipinski definition) is 2. The third-order valence-electron chi connectivity index (χ3n) is 2.12. The summed E-state index contributed by atoms with van der Waals surface area (Å²) >= 11 is 3.30. The maximum atomic E-state index is 10.6. The molecule has 0 aliphatic carbocycles. The second kappa shape index (κ2) is 5.52. The molecular formula is C11H11BrN2O2. The lowest BCUT2D eigenvalue weighted by molar-refractivity contribution is -0.140. The number of carbonyl (C=O) groups is 1. The molecule has 0 bridgehead atoms. The minimum atomic E-state index is -0.860. The van der Waals surface area contributed by atoms with Gasteiger partial charge in [0.1, 0.15) is 6.07 Å². The Morgan fingerprint density at radius 3 is 2.94 bits per heavy atom. The molecule has 1 aromatic rings. The normalized spacial score (nSPS) is 11.6. The summed E-state index contributed by atoms with van der Waals surface area (Å²) in [7, 11) is 0. The summed E-state index contributed by atoms with van der Waals surface area (Å²) in [5, 5.41) is 20.5. The van der Waals surface area contributed by atoms with Crippen LogP contribution in [-0.2, 0) is 4.79 Å². The molecule has 0 saturated carbocycles. The third-order valence-corrected chi connectivity index (χ3v) is 2.62. The smallest absolute Gasteiger partial charge is 0.308 e. The third kappa shape index (κ3) is 3.24. The molecule has 16 heavy (non-hydrogen) atoms. The van der Waals surface area contributed by atoms with Crippen molar-refractivity contribution in [3.63, 3.8) is 0 Å². The van der Waals surface area contributed by atoms with Crippen LogP contribution in [0.5, 0.6) is 0 Å². The first kappa shape index (κ1) is 12.5. The van der Waals surface area contributed by atoms with E-state index in [1.54, 1.807) is 25.1 Å². The molecule has 0 spiro atoms. The van der Waals surface area contributed by atoms with Crippen LogP contribution < -0.4 is 5.32 Å². The monoisotopic (exact) mass is 282 g/mol. The highest BCUT2D eigenvalue weighted by Crippen LogP contribution is 2.21. The molecule has 0 radical (unpaired) electrons. The van der Waals surface area contributed by atoms with Crippen molar-refractivity contribution in [2.24, 2.45) is 5.92 Å². The standard InChI is InChI=1S/C11H11BrN2O2/c1-7(11(15)16)6-14-10-4-9(12)3-2-8(10)5-13/h2-4,7,14H,6H2,1H3,(H,15,16). The summed E-state index contributed by atoms with van der Waals surface area (Å²) in [6.07, 6.45) is 0. The first-order chi connectivity index (χ1) is 7.54. The summed E-state index contributed by atoms with van der Waals surface area (Å²) in [6.45, 7) is 1.90. The quantitative estimate of drug-likeness (QED) is 0.890. The summed E-state index contributed by atoms with van der Waals surface area (Å²) in [6, 6.07) is 7.25. The highest BCUT2D eigenvalue weighted by atomic mass is 79.9. The van der Waals surface area contributed by atoms with Gasteiger partial charge in [-0.1, -0.05) is 22.9 Å². The average Bonchev–Trinajstić information content (AvgIpc) is 2.25. The Hall–Kier alpha value is -1.54. The number of carboxylic acids is 1. The molecule has 0 aliphatic rings. The Kier molecular flexibility index (Phi) is 4.32. The van der Waals surface area contributed by atoms with Crippen molar-refractivity contribution in [3.8, 4) is 6.07 Å². The molecule has 0 amide bonds. The molecule has 84 valence electrons. The fourth-order valence-corrected chi connectivity index (χ4v) is 1.47. The van der Waals surface area contributed by atoms with Gasteiger partial charge in [-0.05, 0) is 18.2 Å². The summed E-state index contributed by atoms with van der Waals surface area (Å²) in [5.74, 6) is -1.36. The van der Waals surface area contributed by atoms with Gasteiger partial charge in [0.25, 0.3) is 0 Å². The predicted molar refractivity (Wildman–Crippen MR) is 64.1 cm³/mol. The minimum absolute atomic E-state index is 0.292. The van der Waals surface area contributed by atoms with Crippen molar-refractivity contribution in [2.75, 3.05) is 11.9 Å². The van der Waals surface area contributed by atoms with Gasteiger partial charge < -0.3 is 10.4 Å². The van der Waals surface area contributed by atoms with Crippen molar-refractivity contribution in [2.45, 2.75) is 6.92 Å². The number of hydrogen-bond acceptors (Lipinski definition) is 3. The lowest BCUT2D eigenvalue weighted by atomic mass is 10.1. The van der Waals surface area contributed by atoms with Gasteiger partial charge in [-0.2, -0.15) is 5.26 Å². The molecule has 1 rings (SSSR count). The van der Waals surface area contributed by atoms with Crippen molar-refractivity contribution < 1.29 is 9.90 Å². The van der Waals surface area contributed by atoms with Crippen LogP contribution in [0.15, 0.2) is 22.7 Å². The van der Waals surface area contributed by atoms with Crippen LogP contribution in [0, 0.1) is 17.2 Å². The number of nitrogens with zero attached hydrogens (tertiary/aromatic N) is 1. The molecule has 0 aliphatic heterocycles. The Labute approximate surface area is 102 Å². The summed E-state index contributed by atoms with van der Waals surface area (Å²) in [5.41, 5.74) is 1.14. The van der Waals surface area contributed by atoms with Crippen LogP contribution in [0.3, 0.4) is 0 Å². The van der Waals surface area contributed by atoms with Crippen molar-refractivity contribution >= 4 is 27.6 Å². The Morgan fingerprint density at radius 1 is 1.69 bits per heavy atom. The number of nitriles is 1. The van der Waals surface area contributed by atoms with Crippen LogP contribution >= 0.6 is 15.9 Å². The van der Waals surface area contributed by atoms with Crippen molar-refractivity contribution in [1.29, 1.82) is 5.26 Å². The zero-order chi connectivity index (χ0) is 12.1. The fourth-order valence-electron chi connectivity index (χ4n) is 1.11. The van der Waals surface area contributed by atoms with Crippen LogP contribution in [0.2, 0.25) is 0 Å². The largest absolute Gasteiger partial charge is 0.481 e. The van der Waals surface area contributed by atoms with E-state index in [1.165, 1.54) is 0 Å². The summed E-state index contributed by atoms with van der Waals surface area (Å²) < 4.78 is 0.844. The van der Waals surface area contributed by atoms with Crippen LogP contribution in [-0.4, -0.2) is 17.6 Å². The predicted octanol–water partition coefficient (Wildman–Crippen LogP) is 2.45. The molecule has 0 aromatic heterocycles. The number of rotatable bonds is 4. The number of anilines is 1. The van der Waals surface area contributed by atoms with E-state index in [-0.39, 0.29) is 0 Å². The Bertz CT molecular complexity index is 440. The van der Waals surface area contributed by atoms with Gasteiger partial charge in [0.2, 0.25) is 0 Å². The fraction of sp³-hybridized carbons (Fsp3) is 0.273. The Balaban J connectivity index is 2.77. The van der Waals surface area contributed by atoms with Crippen LogP contribution in [0.25, 0.3) is 0 Å². The first-order valence-electron chi connectivity index (χ1n) is 4.71. The van der Waals surface area contributed by atoms with Gasteiger partial charge in [0.05, 0.1) is 17.2 Å². The van der Waals surface area contributed by atoms with Gasteiger partial charge in [-0.3, -0.25) is 4.79 Å². The van der Waals surface area contributed by atoms with E-state index in [2.05, 4.69) is 21.2 Å². The minimum Gasteiger partial charge on any atom is -0.481 e. The molecule has 0 saturated heterocycles. The van der Waals surface area contributed by atoms with Gasteiger partial charge in [-0.25, -0.2) is 0 Å². The van der Waals surface area contributed by atoms with E-state index in [0.29, 0.717) is 17.8 Å². The molecule has 1 atom stereocenters. The Morgan fingerprint density at radius 2 is 2.38 bits per heavy atom. The zero-order valence-electron chi connectivity index (χ0n) is 8.70. The number of halogens is 1. The molecule has 1 aromatic carbocycles. The van der Waals surface area contributed by atoms with Gasteiger partial charge in [0.15, 0.2) is 0 Å². The highest BCUT2D eigenvalue weighted by molar-refractivity contribution is 9.10.